The van der Waals surface area contributed by atoms with E-state index in [-0.39, 0.29) is 0 Å². The number of benzene rings is 2. The largest absolute Gasteiger partial charge is 0.316 e. The van der Waals surface area contributed by atoms with E-state index >= 15 is 0 Å². The maximum absolute atomic E-state index is 6.23. The molecule has 0 fully saturated rings. The summed E-state index contributed by atoms with van der Waals surface area (Å²) in [7, 11) is 0. The van der Waals surface area contributed by atoms with E-state index in [9.17, 15) is 0 Å². The second kappa shape index (κ2) is 7.58. The van der Waals surface area contributed by atoms with Gasteiger partial charge in [-0.05, 0) is 35.9 Å². The van der Waals surface area contributed by atoms with E-state index in [2.05, 4.69) is 32.4 Å². The van der Waals surface area contributed by atoms with Gasteiger partial charge in [-0.15, -0.1) is 0 Å². The number of nitrogens with zero attached hydrogens (tertiary/aromatic N) is 4. The first kappa shape index (κ1) is 17.7. The Morgan fingerprint density at radius 1 is 0.862 bits per heavy atom. The van der Waals surface area contributed by atoms with E-state index in [1.807, 2.05) is 54.7 Å². The first-order chi connectivity index (χ1) is 14.3. The van der Waals surface area contributed by atoms with Gasteiger partial charge in [0.15, 0.2) is 11.0 Å². The van der Waals surface area contributed by atoms with Gasteiger partial charge in [0.25, 0.3) is 0 Å². The summed E-state index contributed by atoms with van der Waals surface area (Å²) in [5.41, 5.74) is 2.77. The molecule has 7 heteroatoms. The molecule has 0 saturated carbocycles. The van der Waals surface area contributed by atoms with Crippen LogP contribution >= 0.6 is 22.9 Å². The van der Waals surface area contributed by atoms with Crippen LogP contribution in [-0.2, 0) is 0 Å². The molecule has 5 rings (SSSR count). The third kappa shape index (κ3) is 3.68. The number of hydrogen-bond donors (Lipinski definition) is 1. The Balaban J connectivity index is 1.58. The first-order valence-corrected chi connectivity index (χ1v) is 10.1. The normalized spacial score (nSPS) is 10.9. The summed E-state index contributed by atoms with van der Waals surface area (Å²) in [4.78, 5) is 19.2. The molecule has 140 valence electrons. The van der Waals surface area contributed by atoms with Gasteiger partial charge in [0.1, 0.15) is 5.82 Å². The fourth-order valence-corrected chi connectivity index (χ4v) is 3.98. The molecular weight excluding hydrogens is 402 g/mol. The fourth-order valence-electron chi connectivity index (χ4n) is 2.99. The van der Waals surface area contributed by atoms with Crippen molar-refractivity contribution in [1.82, 2.24) is 19.9 Å². The molecule has 1 N–H and O–H groups in total. The summed E-state index contributed by atoms with van der Waals surface area (Å²) in [5, 5.41) is 5.56. The van der Waals surface area contributed by atoms with Gasteiger partial charge in [0.2, 0.25) is 0 Å². The average molecular weight is 416 g/mol. The summed E-state index contributed by atoms with van der Waals surface area (Å²) in [6.45, 7) is 0. The number of aromatic nitrogens is 4. The topological polar surface area (TPSA) is 63.6 Å². The van der Waals surface area contributed by atoms with Crippen molar-refractivity contribution >= 4 is 44.8 Å². The van der Waals surface area contributed by atoms with Gasteiger partial charge < -0.3 is 5.32 Å². The number of fused-ring (bicyclic) bond motifs is 1. The van der Waals surface area contributed by atoms with Crippen LogP contribution in [0.4, 0.5) is 10.9 Å². The van der Waals surface area contributed by atoms with Gasteiger partial charge in [-0.3, -0.25) is 4.98 Å². The molecular formula is C22H14ClN5S. The van der Waals surface area contributed by atoms with Gasteiger partial charge in [0, 0.05) is 34.6 Å². The minimum absolute atomic E-state index is 0.593. The van der Waals surface area contributed by atoms with Crippen LogP contribution in [0, 0.1) is 0 Å². The summed E-state index contributed by atoms with van der Waals surface area (Å²) >= 11 is 7.80. The van der Waals surface area contributed by atoms with E-state index in [4.69, 9.17) is 16.6 Å². The highest BCUT2D eigenvalue weighted by atomic mass is 35.5. The molecule has 3 heterocycles. The zero-order chi connectivity index (χ0) is 19.6. The van der Waals surface area contributed by atoms with Crippen molar-refractivity contribution < 1.29 is 0 Å². The van der Waals surface area contributed by atoms with E-state index < -0.39 is 0 Å². The van der Waals surface area contributed by atoms with Crippen molar-refractivity contribution in [3.8, 4) is 21.8 Å². The summed E-state index contributed by atoms with van der Waals surface area (Å²) < 4.78 is 0. The summed E-state index contributed by atoms with van der Waals surface area (Å²) in [6.07, 6.45) is 5.34. The quantitative estimate of drug-likeness (QED) is 0.378. The summed E-state index contributed by atoms with van der Waals surface area (Å²) in [6, 6.07) is 19.5. The van der Waals surface area contributed by atoms with Crippen molar-refractivity contribution in [3.05, 3.63) is 84.3 Å². The lowest BCUT2D eigenvalue weighted by Gasteiger charge is -2.09. The molecule has 2 aromatic carbocycles. The van der Waals surface area contributed by atoms with Gasteiger partial charge in [0.05, 0.1) is 10.4 Å². The lowest BCUT2D eigenvalue weighted by atomic mass is 10.2. The molecule has 0 unspecified atom stereocenters. The Kier molecular flexibility index (Phi) is 4.63. The van der Waals surface area contributed by atoms with Crippen molar-refractivity contribution in [3.63, 3.8) is 0 Å². The fraction of sp³-hybridized carbons (Fsp3) is 0. The second-order valence-electron chi connectivity index (χ2n) is 6.32. The Morgan fingerprint density at radius 3 is 2.55 bits per heavy atom. The van der Waals surface area contributed by atoms with Crippen LogP contribution in [-0.4, -0.2) is 19.9 Å². The Bertz CT molecular complexity index is 1290. The zero-order valence-electron chi connectivity index (χ0n) is 15.1. The van der Waals surface area contributed by atoms with Gasteiger partial charge in [-0.25, -0.2) is 15.0 Å². The van der Waals surface area contributed by atoms with Crippen LogP contribution in [0.1, 0.15) is 0 Å². The van der Waals surface area contributed by atoms with E-state index in [1.54, 1.807) is 23.7 Å². The predicted molar refractivity (Wildman–Crippen MR) is 119 cm³/mol. The molecule has 0 aliphatic heterocycles. The number of pyridine rings is 1. The van der Waals surface area contributed by atoms with Gasteiger partial charge in [-0.1, -0.05) is 53.3 Å². The Labute approximate surface area is 176 Å². The molecule has 29 heavy (non-hydrogen) atoms. The van der Waals surface area contributed by atoms with Crippen LogP contribution in [0.3, 0.4) is 0 Å². The van der Waals surface area contributed by atoms with Crippen LogP contribution in [0.25, 0.3) is 32.7 Å². The number of anilines is 2. The molecule has 0 bridgehead atoms. The maximum Gasteiger partial charge on any atom is 0.188 e. The van der Waals surface area contributed by atoms with Gasteiger partial charge in [-0.2, -0.15) is 0 Å². The third-order valence-corrected chi connectivity index (χ3v) is 5.56. The first-order valence-electron chi connectivity index (χ1n) is 8.92. The molecule has 0 atom stereocenters. The zero-order valence-corrected chi connectivity index (χ0v) is 16.7. The minimum Gasteiger partial charge on any atom is -0.316 e. The highest BCUT2D eigenvalue weighted by molar-refractivity contribution is 7.18. The molecule has 5 nitrogen and oxygen atoms in total. The van der Waals surface area contributed by atoms with Crippen molar-refractivity contribution in [2.24, 2.45) is 0 Å². The number of thiazole rings is 1. The molecule has 0 radical (unpaired) electrons. The number of nitrogens with one attached hydrogen (secondary N) is 1. The SMILES string of the molecule is Clc1ccc2nc(-c3cccnc3)nc(Nc3ncc(-c4ccccc4)s3)c2c1. The maximum atomic E-state index is 6.23. The van der Waals surface area contributed by atoms with Crippen LogP contribution in [0.15, 0.2) is 79.3 Å². The third-order valence-electron chi connectivity index (χ3n) is 4.37. The van der Waals surface area contributed by atoms with Crippen LogP contribution in [0.5, 0.6) is 0 Å². The van der Waals surface area contributed by atoms with Gasteiger partial charge >= 0.3 is 0 Å². The molecule has 0 spiro atoms. The van der Waals surface area contributed by atoms with E-state index in [0.717, 1.165) is 32.0 Å². The van der Waals surface area contributed by atoms with Crippen LogP contribution < -0.4 is 5.32 Å². The minimum atomic E-state index is 0.593. The van der Waals surface area contributed by atoms with Crippen molar-refractivity contribution in [2.45, 2.75) is 0 Å². The Morgan fingerprint density at radius 2 is 1.72 bits per heavy atom. The van der Waals surface area contributed by atoms with Crippen molar-refractivity contribution in [1.29, 1.82) is 0 Å². The van der Waals surface area contributed by atoms with E-state index in [0.29, 0.717) is 16.7 Å². The average Bonchev–Trinajstić information content (AvgIpc) is 3.24. The molecule has 0 aliphatic carbocycles. The number of halogens is 1. The smallest absolute Gasteiger partial charge is 0.188 e. The van der Waals surface area contributed by atoms with E-state index in [1.165, 1.54) is 0 Å². The predicted octanol–water partition coefficient (Wildman–Crippen LogP) is 6.21. The lowest BCUT2D eigenvalue weighted by Crippen LogP contribution is -1.99. The monoisotopic (exact) mass is 415 g/mol. The number of hydrogen-bond acceptors (Lipinski definition) is 6. The van der Waals surface area contributed by atoms with Crippen molar-refractivity contribution in [2.75, 3.05) is 5.32 Å². The highest BCUT2D eigenvalue weighted by Gasteiger charge is 2.12. The molecule has 0 aliphatic rings. The second-order valence-corrected chi connectivity index (χ2v) is 7.79. The lowest BCUT2D eigenvalue weighted by molar-refractivity contribution is 1.20. The number of rotatable bonds is 4. The molecule has 3 aromatic heterocycles. The molecule has 0 saturated heterocycles. The highest BCUT2D eigenvalue weighted by Crippen LogP contribution is 2.33. The standard InChI is InChI=1S/C22H14ClN5S/c23-16-8-9-18-17(11-16)21(27-20(26-18)15-7-4-10-24-12-15)28-22-25-13-19(29-22)14-5-2-1-3-6-14/h1-13H,(H,25,26,27,28). The Hall–Kier alpha value is -3.35. The van der Waals surface area contributed by atoms with Crippen LogP contribution in [0.2, 0.25) is 5.02 Å². The molecule has 5 aromatic rings. The summed E-state index contributed by atoms with van der Waals surface area (Å²) in [5.74, 6) is 1.25. The molecule has 0 amide bonds.